The van der Waals surface area contributed by atoms with Crippen molar-refractivity contribution in [3.63, 3.8) is 0 Å². The highest BCUT2D eigenvalue weighted by molar-refractivity contribution is 7.17. The van der Waals surface area contributed by atoms with Crippen LogP contribution in [0.3, 0.4) is 0 Å². The summed E-state index contributed by atoms with van der Waals surface area (Å²) in [7, 11) is 1.35. The van der Waals surface area contributed by atoms with E-state index in [1.165, 1.54) is 29.6 Å². The Hall–Kier alpha value is -2.06. The summed E-state index contributed by atoms with van der Waals surface area (Å²) in [6.07, 6.45) is 2.10. The van der Waals surface area contributed by atoms with E-state index in [0.29, 0.717) is 23.8 Å². The van der Waals surface area contributed by atoms with Gasteiger partial charge < -0.3 is 24.4 Å². The van der Waals surface area contributed by atoms with Crippen molar-refractivity contribution in [2.45, 2.75) is 19.9 Å². The van der Waals surface area contributed by atoms with Crippen molar-refractivity contribution >= 4 is 28.2 Å². The number of rotatable bonds is 4. The molecule has 3 rings (SSSR count). The van der Waals surface area contributed by atoms with Gasteiger partial charge in [0.25, 0.3) is 5.91 Å². The van der Waals surface area contributed by atoms with Gasteiger partial charge in [-0.3, -0.25) is 4.79 Å². The zero-order chi connectivity index (χ0) is 17.1. The number of anilines is 1. The number of esters is 1. The molecule has 0 radical (unpaired) electrons. The molecule has 1 unspecified atom stereocenters. The first-order chi connectivity index (χ1) is 11.6. The molecular weight excluding hydrogens is 332 g/mol. The summed E-state index contributed by atoms with van der Waals surface area (Å²) in [6.45, 7) is 5.76. The second-order valence-corrected chi connectivity index (χ2v) is 6.74. The quantitative estimate of drug-likeness (QED) is 0.763. The maximum atomic E-state index is 12.3. The Morgan fingerprint density at radius 2 is 2.25 bits per heavy atom. The number of nitrogens with one attached hydrogen (secondary N) is 2. The maximum absolute atomic E-state index is 12.3. The number of amides is 1. The van der Waals surface area contributed by atoms with Crippen molar-refractivity contribution < 1.29 is 28.7 Å². The van der Waals surface area contributed by atoms with Crippen LogP contribution in [0, 0.1) is 0 Å². The van der Waals surface area contributed by atoms with Crippen LogP contribution in [0.1, 0.15) is 27.7 Å². The van der Waals surface area contributed by atoms with E-state index in [1.54, 1.807) is 0 Å². The molecule has 2 aliphatic rings. The van der Waals surface area contributed by atoms with Crippen molar-refractivity contribution in [3.05, 3.63) is 28.0 Å². The van der Waals surface area contributed by atoms with Gasteiger partial charge >= 0.3 is 5.97 Å². The van der Waals surface area contributed by atoms with Gasteiger partial charge in [-0.2, -0.15) is 0 Å². The summed E-state index contributed by atoms with van der Waals surface area (Å²) in [5, 5.41) is 3.30. The molecule has 3 heterocycles. The minimum absolute atomic E-state index is 0.115. The first kappa shape index (κ1) is 16.8. The van der Waals surface area contributed by atoms with E-state index in [1.807, 2.05) is 0 Å². The van der Waals surface area contributed by atoms with Gasteiger partial charge in [-0.15, -0.1) is 11.3 Å². The lowest BCUT2D eigenvalue weighted by Crippen LogP contribution is -3.11. The molecule has 130 valence electrons. The highest BCUT2D eigenvalue weighted by atomic mass is 32.1. The lowest BCUT2D eigenvalue weighted by atomic mass is 10.0. The van der Waals surface area contributed by atoms with Gasteiger partial charge in [0.05, 0.1) is 30.6 Å². The van der Waals surface area contributed by atoms with Gasteiger partial charge in [-0.25, -0.2) is 4.79 Å². The Morgan fingerprint density at radius 1 is 1.42 bits per heavy atom. The van der Waals surface area contributed by atoms with Crippen molar-refractivity contribution in [1.29, 1.82) is 0 Å². The third-order valence-corrected chi connectivity index (χ3v) is 5.37. The number of carbonyl (C=O) groups excluding carboxylic acids is 2. The number of likely N-dealkylation sites (N-methyl/N-ethyl adjacent to an activating group) is 1. The van der Waals surface area contributed by atoms with E-state index in [4.69, 9.17) is 14.2 Å². The summed E-state index contributed by atoms with van der Waals surface area (Å²) < 4.78 is 15.3. The molecule has 1 aromatic heterocycles. The van der Waals surface area contributed by atoms with Crippen LogP contribution >= 0.6 is 11.3 Å². The minimum Gasteiger partial charge on any atom is -0.494 e. The molecular formula is C16H21N2O5S+. The third kappa shape index (κ3) is 3.25. The highest BCUT2D eigenvalue weighted by Crippen LogP contribution is 2.35. The van der Waals surface area contributed by atoms with Crippen LogP contribution < -0.4 is 10.2 Å². The zero-order valence-corrected chi connectivity index (χ0v) is 14.6. The highest BCUT2D eigenvalue weighted by Gasteiger charge is 2.31. The Bertz CT molecular complexity index is 682. The molecule has 0 saturated carbocycles. The summed E-state index contributed by atoms with van der Waals surface area (Å²) >= 11 is 1.44. The van der Waals surface area contributed by atoms with Crippen LogP contribution in [0.25, 0.3) is 0 Å². The number of thiophene rings is 1. The second kappa shape index (κ2) is 7.23. The van der Waals surface area contributed by atoms with E-state index >= 15 is 0 Å². The first-order valence-corrected chi connectivity index (χ1v) is 8.78. The van der Waals surface area contributed by atoms with Gasteiger partial charge in [0, 0.05) is 6.42 Å². The summed E-state index contributed by atoms with van der Waals surface area (Å²) in [5.74, 6) is -0.722. The van der Waals surface area contributed by atoms with Crippen molar-refractivity contribution in [1.82, 2.24) is 0 Å². The molecule has 0 spiro atoms. The molecule has 8 heteroatoms. The molecule has 0 saturated heterocycles. The Morgan fingerprint density at radius 3 is 2.92 bits per heavy atom. The average Bonchev–Trinajstić information content (AvgIpc) is 2.98. The fourth-order valence-electron chi connectivity index (χ4n) is 2.90. The summed E-state index contributed by atoms with van der Waals surface area (Å²) in [6, 6.07) is 0. The first-order valence-electron chi connectivity index (χ1n) is 7.96. The van der Waals surface area contributed by atoms with Crippen LogP contribution in [0.5, 0.6) is 0 Å². The van der Waals surface area contributed by atoms with Gasteiger partial charge in [-0.1, -0.05) is 0 Å². The molecule has 0 fully saturated rings. The smallest absolute Gasteiger partial charge is 0.341 e. The topological polar surface area (TPSA) is 78.3 Å². The number of methoxy groups -OCH3 is 1. The molecule has 2 aliphatic heterocycles. The van der Waals surface area contributed by atoms with Crippen LogP contribution in [0.15, 0.2) is 12.0 Å². The molecule has 24 heavy (non-hydrogen) atoms. The van der Waals surface area contributed by atoms with Gasteiger partial charge in [0.1, 0.15) is 31.0 Å². The number of carbonyl (C=O) groups is 2. The second-order valence-electron chi connectivity index (χ2n) is 5.64. The molecule has 0 aliphatic carbocycles. The molecule has 2 N–H and O–H groups in total. The van der Waals surface area contributed by atoms with E-state index in [0.717, 1.165) is 36.5 Å². The minimum atomic E-state index is -0.419. The van der Waals surface area contributed by atoms with Gasteiger partial charge in [-0.05, 0) is 12.5 Å². The predicted octanol–water partition coefficient (Wildman–Crippen LogP) is 0.322. The number of fused-ring (bicyclic) bond motifs is 1. The summed E-state index contributed by atoms with van der Waals surface area (Å²) in [5.41, 5.74) is 1.47. The fourth-order valence-corrected chi connectivity index (χ4v) is 4.20. The third-order valence-electron chi connectivity index (χ3n) is 4.22. The SMILES string of the molecule is CC[NH+]1CCc2c(sc(NC(=O)C3=COCCO3)c2C(=O)OC)C1. The van der Waals surface area contributed by atoms with Crippen LogP contribution in [-0.4, -0.2) is 45.3 Å². The normalized spacial score (nSPS) is 19.4. The van der Waals surface area contributed by atoms with E-state index in [9.17, 15) is 9.59 Å². The Balaban J connectivity index is 1.89. The monoisotopic (exact) mass is 353 g/mol. The number of ether oxygens (including phenoxy) is 3. The maximum Gasteiger partial charge on any atom is 0.341 e. The van der Waals surface area contributed by atoms with Crippen LogP contribution in [-0.2, 0) is 32.0 Å². The lowest BCUT2D eigenvalue weighted by Gasteiger charge is -2.22. The zero-order valence-electron chi connectivity index (χ0n) is 13.8. The lowest BCUT2D eigenvalue weighted by molar-refractivity contribution is -0.913. The molecule has 1 aromatic rings. The number of hydrogen-bond donors (Lipinski definition) is 2. The van der Waals surface area contributed by atoms with Crippen molar-refractivity contribution in [2.24, 2.45) is 0 Å². The molecule has 0 bridgehead atoms. The van der Waals surface area contributed by atoms with Crippen molar-refractivity contribution in [3.8, 4) is 0 Å². The molecule has 1 amide bonds. The van der Waals surface area contributed by atoms with Gasteiger partial charge in [0.15, 0.2) is 0 Å². The van der Waals surface area contributed by atoms with E-state index in [2.05, 4.69) is 12.2 Å². The number of quaternary nitrogens is 1. The predicted molar refractivity (Wildman–Crippen MR) is 88.1 cm³/mol. The molecule has 1 atom stereocenters. The van der Waals surface area contributed by atoms with E-state index in [-0.39, 0.29) is 5.76 Å². The van der Waals surface area contributed by atoms with Crippen LogP contribution in [0.4, 0.5) is 5.00 Å². The Labute approximate surface area is 144 Å². The molecule has 0 aromatic carbocycles. The largest absolute Gasteiger partial charge is 0.494 e. The number of hydrogen-bond acceptors (Lipinski definition) is 6. The van der Waals surface area contributed by atoms with Crippen LogP contribution in [0.2, 0.25) is 0 Å². The van der Waals surface area contributed by atoms with Gasteiger partial charge in [0.2, 0.25) is 5.76 Å². The van der Waals surface area contributed by atoms with E-state index < -0.39 is 11.9 Å². The average molecular weight is 353 g/mol. The fraction of sp³-hybridized carbons (Fsp3) is 0.500. The van der Waals surface area contributed by atoms with Crippen molar-refractivity contribution in [2.75, 3.05) is 38.7 Å². The molecule has 7 nitrogen and oxygen atoms in total. The summed E-state index contributed by atoms with van der Waals surface area (Å²) in [4.78, 5) is 27.2. The Kier molecular flexibility index (Phi) is 5.06. The standard InChI is InChI=1S/C16H20N2O5S/c1-3-18-5-4-10-12(8-18)24-15(13(10)16(20)21-2)17-14(19)11-9-22-6-7-23-11/h9H,3-8H2,1-2H3,(H,17,19)/p+1.